The van der Waals surface area contributed by atoms with Crippen molar-refractivity contribution in [2.75, 3.05) is 11.9 Å². The van der Waals surface area contributed by atoms with Gasteiger partial charge in [0.25, 0.3) is 5.69 Å². The van der Waals surface area contributed by atoms with E-state index < -0.39 is 10.3 Å². The van der Waals surface area contributed by atoms with Crippen molar-refractivity contribution in [1.29, 1.82) is 0 Å². The smallest absolute Gasteiger partial charge is 0.271 e. The first-order valence-corrected chi connectivity index (χ1v) is 5.83. The number of hydrogen-bond donors (Lipinski definition) is 2. The van der Waals surface area contributed by atoms with Crippen LogP contribution in [0.25, 0.3) is 0 Å². The van der Waals surface area contributed by atoms with E-state index in [-0.39, 0.29) is 11.6 Å². The zero-order chi connectivity index (χ0) is 13.2. The fraction of sp³-hybridized carbons (Fsp3) is 0.417. The average Bonchev–Trinajstić information content (AvgIpc) is 2.28. The number of anilines is 1. The molecule has 1 fully saturated rings. The van der Waals surface area contributed by atoms with Crippen LogP contribution in [0.3, 0.4) is 0 Å². The molecule has 0 spiro atoms. The van der Waals surface area contributed by atoms with Gasteiger partial charge in [0.2, 0.25) is 5.91 Å². The third-order valence-corrected chi connectivity index (χ3v) is 3.50. The van der Waals surface area contributed by atoms with Gasteiger partial charge in [0.1, 0.15) is 0 Å². The molecule has 0 atom stereocenters. The second-order valence-corrected chi connectivity index (χ2v) is 4.60. The molecule has 1 aromatic carbocycles. The SMILES string of the molecule is NCC1(C(=O)Nc2cccc([N+](=O)[O-])c2)CCC1. The second kappa shape index (κ2) is 4.73. The second-order valence-electron chi connectivity index (χ2n) is 4.60. The van der Waals surface area contributed by atoms with Crippen LogP contribution in [-0.2, 0) is 4.79 Å². The maximum absolute atomic E-state index is 12.1. The first-order valence-electron chi connectivity index (χ1n) is 5.83. The molecule has 1 saturated carbocycles. The third-order valence-electron chi connectivity index (χ3n) is 3.50. The monoisotopic (exact) mass is 249 g/mol. The fourth-order valence-corrected chi connectivity index (χ4v) is 2.09. The standard InChI is InChI=1S/C12H15N3O3/c13-8-12(5-2-6-12)11(16)14-9-3-1-4-10(7-9)15(17)18/h1,3-4,7H,2,5-6,8,13H2,(H,14,16). The van der Waals surface area contributed by atoms with E-state index in [0.29, 0.717) is 12.2 Å². The molecule has 1 amide bonds. The van der Waals surface area contributed by atoms with Crippen LogP contribution in [0, 0.1) is 15.5 Å². The van der Waals surface area contributed by atoms with Gasteiger partial charge in [-0.25, -0.2) is 0 Å². The largest absolute Gasteiger partial charge is 0.329 e. The van der Waals surface area contributed by atoms with E-state index in [1.807, 2.05) is 0 Å². The van der Waals surface area contributed by atoms with Crippen molar-refractivity contribution in [3.05, 3.63) is 34.4 Å². The third kappa shape index (κ3) is 2.19. The summed E-state index contributed by atoms with van der Waals surface area (Å²) in [6.07, 6.45) is 2.56. The molecule has 6 nitrogen and oxygen atoms in total. The molecule has 1 aromatic rings. The molecular formula is C12H15N3O3. The van der Waals surface area contributed by atoms with E-state index in [2.05, 4.69) is 5.32 Å². The Labute approximate surface area is 104 Å². The number of nitro benzene ring substituents is 1. The van der Waals surface area contributed by atoms with Gasteiger partial charge in [0.05, 0.1) is 10.3 Å². The lowest BCUT2D eigenvalue weighted by atomic mass is 9.68. The highest BCUT2D eigenvalue weighted by atomic mass is 16.6. The summed E-state index contributed by atoms with van der Waals surface area (Å²) in [4.78, 5) is 22.2. The Hall–Kier alpha value is -1.95. The van der Waals surface area contributed by atoms with E-state index in [9.17, 15) is 14.9 Å². The molecule has 6 heteroatoms. The van der Waals surface area contributed by atoms with Crippen LogP contribution < -0.4 is 11.1 Å². The van der Waals surface area contributed by atoms with Gasteiger partial charge in [-0.2, -0.15) is 0 Å². The van der Waals surface area contributed by atoms with Crippen LogP contribution in [0.4, 0.5) is 11.4 Å². The number of hydrogen-bond acceptors (Lipinski definition) is 4. The first-order chi connectivity index (χ1) is 8.57. The number of nitrogens with zero attached hydrogens (tertiary/aromatic N) is 1. The van der Waals surface area contributed by atoms with Gasteiger partial charge in [-0.3, -0.25) is 14.9 Å². The van der Waals surface area contributed by atoms with Crippen LogP contribution in [0.15, 0.2) is 24.3 Å². The Morgan fingerprint density at radius 3 is 2.72 bits per heavy atom. The molecular weight excluding hydrogens is 234 g/mol. The normalized spacial score (nSPS) is 16.7. The summed E-state index contributed by atoms with van der Waals surface area (Å²) >= 11 is 0. The van der Waals surface area contributed by atoms with Gasteiger partial charge in [-0.15, -0.1) is 0 Å². The van der Waals surface area contributed by atoms with Gasteiger partial charge < -0.3 is 11.1 Å². The molecule has 2 rings (SSSR count). The van der Waals surface area contributed by atoms with Crippen molar-refractivity contribution < 1.29 is 9.72 Å². The van der Waals surface area contributed by atoms with E-state index in [1.54, 1.807) is 12.1 Å². The molecule has 18 heavy (non-hydrogen) atoms. The highest BCUT2D eigenvalue weighted by Gasteiger charge is 2.42. The minimum atomic E-state index is -0.488. The lowest BCUT2D eigenvalue weighted by Gasteiger charge is -2.39. The topological polar surface area (TPSA) is 98.3 Å². The molecule has 0 saturated heterocycles. The first kappa shape index (κ1) is 12.5. The van der Waals surface area contributed by atoms with Crippen LogP contribution >= 0.6 is 0 Å². The summed E-state index contributed by atoms with van der Waals surface area (Å²) in [6.45, 7) is 0.313. The van der Waals surface area contributed by atoms with Crippen molar-refractivity contribution in [2.45, 2.75) is 19.3 Å². The molecule has 1 aliphatic rings. The Morgan fingerprint density at radius 2 is 2.22 bits per heavy atom. The molecule has 3 N–H and O–H groups in total. The summed E-state index contributed by atoms with van der Waals surface area (Å²) in [7, 11) is 0. The minimum absolute atomic E-state index is 0.0387. The van der Waals surface area contributed by atoms with E-state index in [0.717, 1.165) is 19.3 Å². The number of nitro groups is 1. The fourth-order valence-electron chi connectivity index (χ4n) is 2.09. The molecule has 0 heterocycles. The summed E-state index contributed by atoms with van der Waals surface area (Å²) in [5, 5.41) is 13.3. The predicted molar refractivity (Wildman–Crippen MR) is 67.1 cm³/mol. The Bertz CT molecular complexity index is 478. The van der Waals surface area contributed by atoms with Gasteiger partial charge in [-0.05, 0) is 18.9 Å². The lowest BCUT2D eigenvalue weighted by molar-refractivity contribution is -0.384. The zero-order valence-electron chi connectivity index (χ0n) is 9.89. The lowest BCUT2D eigenvalue weighted by Crippen LogP contribution is -2.47. The van der Waals surface area contributed by atoms with Crippen molar-refractivity contribution in [1.82, 2.24) is 0 Å². The van der Waals surface area contributed by atoms with Crippen molar-refractivity contribution in [3.8, 4) is 0 Å². The van der Waals surface area contributed by atoms with Crippen molar-refractivity contribution >= 4 is 17.3 Å². The minimum Gasteiger partial charge on any atom is -0.329 e. The predicted octanol–water partition coefficient (Wildman–Crippen LogP) is 1.66. The molecule has 0 aliphatic heterocycles. The quantitative estimate of drug-likeness (QED) is 0.626. The highest BCUT2D eigenvalue weighted by molar-refractivity contribution is 5.96. The number of benzene rings is 1. The van der Waals surface area contributed by atoms with Crippen LogP contribution in [0.5, 0.6) is 0 Å². The number of nitrogens with one attached hydrogen (secondary N) is 1. The number of carbonyl (C=O) groups excluding carboxylic acids is 1. The average molecular weight is 249 g/mol. The summed E-state index contributed by atoms with van der Waals surface area (Å²) in [5.74, 6) is -0.142. The van der Waals surface area contributed by atoms with Crippen LogP contribution in [0.1, 0.15) is 19.3 Å². The maximum atomic E-state index is 12.1. The molecule has 1 aliphatic carbocycles. The van der Waals surface area contributed by atoms with Gasteiger partial charge in [0, 0.05) is 24.4 Å². The number of rotatable bonds is 4. The number of carbonyl (C=O) groups is 1. The highest BCUT2D eigenvalue weighted by Crippen LogP contribution is 2.40. The Morgan fingerprint density at radius 1 is 1.50 bits per heavy atom. The molecule has 0 bridgehead atoms. The molecule has 96 valence electrons. The van der Waals surface area contributed by atoms with Crippen molar-refractivity contribution in [2.24, 2.45) is 11.1 Å². The number of amides is 1. The molecule has 0 unspecified atom stereocenters. The molecule has 0 radical (unpaired) electrons. The van der Waals surface area contributed by atoms with Crippen LogP contribution in [0.2, 0.25) is 0 Å². The van der Waals surface area contributed by atoms with Crippen molar-refractivity contribution in [3.63, 3.8) is 0 Å². The molecule has 0 aromatic heterocycles. The Kier molecular flexibility index (Phi) is 3.29. The van der Waals surface area contributed by atoms with Gasteiger partial charge in [-0.1, -0.05) is 12.5 Å². The van der Waals surface area contributed by atoms with E-state index in [1.165, 1.54) is 12.1 Å². The van der Waals surface area contributed by atoms with E-state index in [4.69, 9.17) is 5.73 Å². The summed E-state index contributed by atoms with van der Waals surface area (Å²) in [5.41, 5.74) is 5.55. The zero-order valence-corrected chi connectivity index (χ0v) is 9.89. The summed E-state index contributed by atoms with van der Waals surface area (Å²) < 4.78 is 0. The Balaban J connectivity index is 2.12. The number of non-ortho nitro benzene ring substituents is 1. The summed E-state index contributed by atoms with van der Waals surface area (Å²) in [6, 6.07) is 5.91. The number of nitrogens with two attached hydrogens (primary N) is 1. The van der Waals surface area contributed by atoms with Gasteiger partial charge in [0.15, 0.2) is 0 Å². The van der Waals surface area contributed by atoms with E-state index >= 15 is 0 Å². The maximum Gasteiger partial charge on any atom is 0.271 e. The van der Waals surface area contributed by atoms with Crippen LogP contribution in [-0.4, -0.2) is 17.4 Å². The van der Waals surface area contributed by atoms with Gasteiger partial charge >= 0.3 is 0 Å².